The molecule has 0 aliphatic heterocycles. The highest BCUT2D eigenvalue weighted by Crippen LogP contribution is 2.33. The quantitative estimate of drug-likeness (QED) is 0.775. The molecule has 1 aromatic carbocycles. The normalized spacial score (nSPS) is 12.9. The molecule has 5 heteroatoms. The minimum Gasteiger partial charge on any atom is -0.306 e. The van der Waals surface area contributed by atoms with Crippen LogP contribution >= 0.6 is 11.3 Å². The van der Waals surface area contributed by atoms with Gasteiger partial charge in [-0.15, -0.1) is 11.3 Å². The minimum atomic E-state index is -0.185. The zero-order valence-corrected chi connectivity index (χ0v) is 13.0. The first-order valence-corrected chi connectivity index (χ1v) is 7.90. The first-order valence-electron chi connectivity index (χ1n) is 7.08. The number of aromatic nitrogens is 2. The summed E-state index contributed by atoms with van der Waals surface area (Å²) in [6.07, 6.45) is 4.98. The first kappa shape index (κ1) is 14.2. The molecule has 0 aliphatic carbocycles. The molecule has 0 amide bonds. The SMILES string of the molecule is CCCNC(c1cnn(C)c1)c1cc2ccc(F)cc2s1. The summed E-state index contributed by atoms with van der Waals surface area (Å²) in [5.74, 6) is -0.185. The van der Waals surface area contributed by atoms with Crippen LogP contribution in [0.1, 0.15) is 29.8 Å². The molecule has 0 spiro atoms. The molecule has 3 nitrogen and oxygen atoms in total. The van der Waals surface area contributed by atoms with Crippen molar-refractivity contribution in [3.63, 3.8) is 0 Å². The van der Waals surface area contributed by atoms with Gasteiger partial charge in [-0.1, -0.05) is 13.0 Å². The van der Waals surface area contributed by atoms with Gasteiger partial charge in [-0.25, -0.2) is 4.39 Å². The van der Waals surface area contributed by atoms with Crippen LogP contribution in [0.4, 0.5) is 4.39 Å². The van der Waals surface area contributed by atoms with E-state index in [1.807, 2.05) is 30.2 Å². The predicted octanol–water partition coefficient (Wildman–Crippen LogP) is 3.86. The third kappa shape index (κ3) is 2.99. The zero-order chi connectivity index (χ0) is 14.8. The van der Waals surface area contributed by atoms with Gasteiger partial charge in [0, 0.05) is 28.4 Å². The summed E-state index contributed by atoms with van der Waals surface area (Å²) in [5.41, 5.74) is 1.14. The van der Waals surface area contributed by atoms with Gasteiger partial charge in [-0.05, 0) is 36.6 Å². The first-order chi connectivity index (χ1) is 10.2. The second-order valence-electron chi connectivity index (χ2n) is 5.17. The molecule has 1 atom stereocenters. The van der Waals surface area contributed by atoms with E-state index in [-0.39, 0.29) is 11.9 Å². The molecule has 3 aromatic rings. The number of thiophene rings is 1. The van der Waals surface area contributed by atoms with Crippen molar-refractivity contribution in [3.05, 3.63) is 52.9 Å². The number of halogens is 1. The zero-order valence-electron chi connectivity index (χ0n) is 12.1. The van der Waals surface area contributed by atoms with Crippen LogP contribution in [0.3, 0.4) is 0 Å². The largest absolute Gasteiger partial charge is 0.306 e. The van der Waals surface area contributed by atoms with Crippen LogP contribution in [0.2, 0.25) is 0 Å². The molecule has 3 rings (SSSR count). The Balaban J connectivity index is 2.00. The van der Waals surface area contributed by atoms with E-state index in [1.165, 1.54) is 10.9 Å². The fourth-order valence-electron chi connectivity index (χ4n) is 2.43. The van der Waals surface area contributed by atoms with E-state index in [0.29, 0.717) is 0 Å². The molecular weight excluding hydrogens is 285 g/mol. The van der Waals surface area contributed by atoms with Crippen LogP contribution in [-0.4, -0.2) is 16.3 Å². The van der Waals surface area contributed by atoms with E-state index in [2.05, 4.69) is 23.4 Å². The Kier molecular flexibility index (Phi) is 4.03. The summed E-state index contributed by atoms with van der Waals surface area (Å²) in [4.78, 5) is 1.19. The molecule has 0 radical (unpaired) electrons. The third-order valence-corrected chi connectivity index (χ3v) is 4.61. The fraction of sp³-hybridized carbons (Fsp3) is 0.312. The van der Waals surface area contributed by atoms with Gasteiger partial charge in [0.1, 0.15) is 5.82 Å². The second-order valence-corrected chi connectivity index (χ2v) is 6.28. The molecule has 2 aromatic heterocycles. The number of rotatable bonds is 5. The highest BCUT2D eigenvalue weighted by molar-refractivity contribution is 7.19. The number of nitrogens with one attached hydrogen (secondary N) is 1. The molecule has 110 valence electrons. The average molecular weight is 303 g/mol. The maximum absolute atomic E-state index is 13.4. The van der Waals surface area contributed by atoms with Gasteiger partial charge in [0.15, 0.2) is 0 Å². The van der Waals surface area contributed by atoms with Gasteiger partial charge < -0.3 is 5.32 Å². The fourth-order valence-corrected chi connectivity index (χ4v) is 3.62. The monoisotopic (exact) mass is 303 g/mol. The summed E-state index contributed by atoms with van der Waals surface area (Å²) in [5, 5.41) is 8.90. The van der Waals surface area contributed by atoms with Crippen molar-refractivity contribution in [2.45, 2.75) is 19.4 Å². The molecule has 0 aliphatic rings. The molecule has 0 saturated carbocycles. The van der Waals surface area contributed by atoms with Crippen LogP contribution in [0, 0.1) is 5.82 Å². The van der Waals surface area contributed by atoms with Gasteiger partial charge in [0.2, 0.25) is 0 Å². The van der Waals surface area contributed by atoms with Crippen molar-refractivity contribution < 1.29 is 4.39 Å². The molecule has 2 heterocycles. The minimum absolute atomic E-state index is 0.110. The summed E-state index contributed by atoms with van der Waals surface area (Å²) >= 11 is 1.63. The average Bonchev–Trinajstić information content (AvgIpc) is 3.05. The Morgan fingerprint density at radius 3 is 2.95 bits per heavy atom. The lowest BCUT2D eigenvalue weighted by Gasteiger charge is -2.15. The molecule has 1 unspecified atom stereocenters. The van der Waals surface area contributed by atoms with Gasteiger partial charge in [-0.3, -0.25) is 4.68 Å². The second kappa shape index (κ2) is 5.95. The maximum Gasteiger partial charge on any atom is 0.124 e. The van der Waals surface area contributed by atoms with Gasteiger partial charge in [-0.2, -0.15) is 5.10 Å². The van der Waals surface area contributed by atoms with Crippen molar-refractivity contribution >= 4 is 21.4 Å². The van der Waals surface area contributed by atoms with E-state index >= 15 is 0 Å². The Morgan fingerprint density at radius 1 is 1.38 bits per heavy atom. The highest BCUT2D eigenvalue weighted by Gasteiger charge is 2.17. The third-order valence-electron chi connectivity index (χ3n) is 3.44. The lowest BCUT2D eigenvalue weighted by Crippen LogP contribution is -2.22. The number of aryl methyl sites for hydroxylation is 1. The number of fused-ring (bicyclic) bond motifs is 1. The van der Waals surface area contributed by atoms with Crippen LogP contribution in [0.15, 0.2) is 36.7 Å². The Labute approximate surface area is 127 Å². The summed E-state index contributed by atoms with van der Waals surface area (Å²) in [6.45, 7) is 3.08. The van der Waals surface area contributed by atoms with E-state index in [4.69, 9.17) is 0 Å². The molecule has 1 N–H and O–H groups in total. The van der Waals surface area contributed by atoms with Crippen LogP contribution in [0.5, 0.6) is 0 Å². The molecule has 0 fully saturated rings. The van der Waals surface area contributed by atoms with Crippen LogP contribution in [0.25, 0.3) is 10.1 Å². The number of nitrogens with zero attached hydrogens (tertiary/aromatic N) is 2. The Morgan fingerprint density at radius 2 is 2.24 bits per heavy atom. The van der Waals surface area contributed by atoms with Crippen molar-refractivity contribution in [3.8, 4) is 0 Å². The van der Waals surface area contributed by atoms with Crippen molar-refractivity contribution in [1.82, 2.24) is 15.1 Å². The van der Waals surface area contributed by atoms with Crippen molar-refractivity contribution in [2.24, 2.45) is 7.05 Å². The number of hydrogen-bond acceptors (Lipinski definition) is 3. The number of benzene rings is 1. The van der Waals surface area contributed by atoms with Crippen molar-refractivity contribution in [1.29, 1.82) is 0 Å². The highest BCUT2D eigenvalue weighted by atomic mass is 32.1. The van der Waals surface area contributed by atoms with E-state index in [9.17, 15) is 4.39 Å². The van der Waals surface area contributed by atoms with E-state index in [0.717, 1.165) is 28.6 Å². The molecular formula is C16H18FN3S. The standard InChI is InChI=1S/C16H18FN3S/c1-3-6-18-16(12-9-19-20(2)10-12)15-7-11-4-5-13(17)8-14(11)21-15/h4-5,7-10,16,18H,3,6H2,1-2H3. The van der Waals surface area contributed by atoms with Gasteiger partial charge >= 0.3 is 0 Å². The van der Waals surface area contributed by atoms with E-state index < -0.39 is 0 Å². The smallest absolute Gasteiger partial charge is 0.124 e. The lowest BCUT2D eigenvalue weighted by atomic mass is 10.1. The van der Waals surface area contributed by atoms with Gasteiger partial charge in [0.05, 0.1) is 12.2 Å². The Bertz CT molecular complexity index is 747. The van der Waals surface area contributed by atoms with Crippen LogP contribution in [-0.2, 0) is 7.05 Å². The maximum atomic E-state index is 13.4. The summed E-state index contributed by atoms with van der Waals surface area (Å²) < 4.78 is 16.1. The van der Waals surface area contributed by atoms with Crippen LogP contribution < -0.4 is 5.32 Å². The van der Waals surface area contributed by atoms with Gasteiger partial charge in [0.25, 0.3) is 0 Å². The topological polar surface area (TPSA) is 29.9 Å². The molecule has 21 heavy (non-hydrogen) atoms. The lowest BCUT2D eigenvalue weighted by molar-refractivity contribution is 0.605. The number of hydrogen-bond donors (Lipinski definition) is 1. The van der Waals surface area contributed by atoms with E-state index in [1.54, 1.807) is 17.4 Å². The van der Waals surface area contributed by atoms with Crippen molar-refractivity contribution in [2.75, 3.05) is 6.54 Å². The molecule has 0 bridgehead atoms. The summed E-state index contributed by atoms with van der Waals surface area (Å²) in [6, 6.07) is 7.20. The Hall–Kier alpha value is -1.72. The summed E-state index contributed by atoms with van der Waals surface area (Å²) in [7, 11) is 1.92. The predicted molar refractivity (Wildman–Crippen MR) is 85.1 cm³/mol. The molecule has 0 saturated heterocycles.